The molecule has 49 heavy (non-hydrogen) atoms. The normalized spacial score (nSPS) is 12.3. The van der Waals surface area contributed by atoms with Crippen molar-refractivity contribution in [1.82, 2.24) is 29.3 Å². The van der Waals surface area contributed by atoms with Crippen LogP contribution in [0.3, 0.4) is 0 Å². The van der Waals surface area contributed by atoms with Gasteiger partial charge in [0.25, 0.3) is 5.56 Å². The lowest BCUT2D eigenvalue weighted by Crippen LogP contribution is -2.27. The summed E-state index contributed by atoms with van der Waals surface area (Å²) < 4.78 is 37.7. The number of hydrogen-bond donors (Lipinski definition) is 4. The molecule has 0 radical (unpaired) electrons. The van der Waals surface area contributed by atoms with E-state index >= 15 is 4.39 Å². The molecule has 3 aromatic carbocycles. The standard InChI is InChI=1S/C28H20ClF2N7O2.C4H6O5/c1-14(26-35-18-10-6-9-17(29)20(18)28(39)37(26)15-7-4-3-5-8-15)38-27-21(25(32)33-13-34-27)24(36-38)16-11-12-19(40-2)23(31)22(16)30;5-2(4(8)9)1-3(6)7/h3-14H,1-2H3,(H2,32,33,34);2,5H,1H2,(H,6,7)(H,8,9)/t14-;2-/m00/s1. The van der Waals surface area contributed by atoms with Gasteiger partial charge in [0.1, 0.15) is 29.7 Å². The van der Waals surface area contributed by atoms with E-state index < -0.39 is 42.1 Å². The first-order valence-electron chi connectivity index (χ1n) is 14.3. The molecule has 252 valence electrons. The average molecular weight is 694 g/mol. The Kier molecular flexibility index (Phi) is 9.81. The van der Waals surface area contributed by atoms with Gasteiger partial charge < -0.3 is 25.8 Å². The van der Waals surface area contributed by atoms with E-state index in [1.165, 1.54) is 34.8 Å². The van der Waals surface area contributed by atoms with E-state index in [2.05, 4.69) is 15.1 Å². The second-order valence-electron chi connectivity index (χ2n) is 10.4. The van der Waals surface area contributed by atoms with Crippen LogP contribution in [0.15, 0.2) is 71.8 Å². The molecule has 0 aliphatic carbocycles. The summed E-state index contributed by atoms with van der Waals surface area (Å²) in [6.45, 7) is 1.76. The first kappa shape index (κ1) is 34.3. The average Bonchev–Trinajstić information content (AvgIpc) is 3.46. The van der Waals surface area contributed by atoms with Gasteiger partial charge in [0.05, 0.1) is 40.5 Å². The van der Waals surface area contributed by atoms with E-state index in [4.69, 9.17) is 42.4 Å². The number of benzene rings is 3. The fourth-order valence-corrected chi connectivity index (χ4v) is 5.25. The summed E-state index contributed by atoms with van der Waals surface area (Å²) in [5.41, 5.74) is 6.87. The predicted octanol–water partition coefficient (Wildman–Crippen LogP) is 4.23. The van der Waals surface area contributed by atoms with Crippen LogP contribution >= 0.6 is 11.6 Å². The van der Waals surface area contributed by atoms with Gasteiger partial charge in [0.2, 0.25) is 5.82 Å². The molecule has 0 saturated carbocycles. The Bertz CT molecular complexity index is 2280. The van der Waals surface area contributed by atoms with Gasteiger partial charge in [-0.05, 0) is 43.3 Å². The number of ether oxygens (including phenoxy) is 1. The number of methoxy groups -OCH3 is 1. The third-order valence-electron chi connectivity index (χ3n) is 7.32. The SMILES string of the molecule is COc1ccc(-c2nn([C@@H](C)c3nc4cccc(Cl)c4c(=O)n3-c3ccccc3)c3ncnc(N)c23)c(F)c1F.O=C(O)C[C@H](O)C(=O)O. The number of rotatable bonds is 8. The zero-order valence-corrected chi connectivity index (χ0v) is 26.3. The minimum atomic E-state index is -1.79. The largest absolute Gasteiger partial charge is 0.494 e. The van der Waals surface area contributed by atoms with Gasteiger partial charge in [-0.15, -0.1) is 0 Å². The van der Waals surface area contributed by atoms with Crippen LogP contribution < -0.4 is 16.0 Å². The summed E-state index contributed by atoms with van der Waals surface area (Å²) in [5, 5.41) is 29.5. The smallest absolute Gasteiger partial charge is 0.333 e. The lowest BCUT2D eigenvalue weighted by atomic mass is 10.1. The molecule has 5 N–H and O–H groups in total. The van der Waals surface area contributed by atoms with E-state index in [9.17, 15) is 18.8 Å². The van der Waals surface area contributed by atoms with E-state index in [0.717, 1.165) is 0 Å². The molecule has 14 nitrogen and oxygen atoms in total. The van der Waals surface area contributed by atoms with Gasteiger partial charge in [-0.1, -0.05) is 35.9 Å². The third kappa shape index (κ3) is 6.59. The number of nitrogens with two attached hydrogens (primary N) is 1. The zero-order chi connectivity index (χ0) is 35.6. The first-order valence-corrected chi connectivity index (χ1v) is 14.6. The quantitative estimate of drug-likeness (QED) is 0.177. The topological polar surface area (TPSA) is 209 Å². The summed E-state index contributed by atoms with van der Waals surface area (Å²) in [4.78, 5) is 46.5. The molecular weight excluding hydrogens is 668 g/mol. The van der Waals surface area contributed by atoms with Gasteiger partial charge in [0.15, 0.2) is 23.3 Å². The van der Waals surface area contributed by atoms with Gasteiger partial charge in [-0.2, -0.15) is 9.49 Å². The Hall–Kier alpha value is -6.00. The molecule has 3 aromatic heterocycles. The maximum atomic E-state index is 15.2. The summed E-state index contributed by atoms with van der Waals surface area (Å²) in [5.74, 6) is -5.11. The monoisotopic (exact) mass is 693 g/mol. The Morgan fingerprint density at radius 2 is 1.71 bits per heavy atom. The molecule has 0 aliphatic heterocycles. The number of aliphatic hydroxyl groups is 1. The van der Waals surface area contributed by atoms with Crippen LogP contribution in [0, 0.1) is 11.6 Å². The Morgan fingerprint density at radius 1 is 1.00 bits per heavy atom. The van der Waals surface area contributed by atoms with Crippen molar-refractivity contribution in [2.75, 3.05) is 12.8 Å². The maximum Gasteiger partial charge on any atom is 0.333 e. The van der Waals surface area contributed by atoms with E-state index in [-0.39, 0.29) is 49.8 Å². The highest BCUT2D eigenvalue weighted by Crippen LogP contribution is 2.36. The molecule has 0 spiro atoms. The second kappa shape index (κ2) is 14.0. The van der Waals surface area contributed by atoms with Crippen LogP contribution in [-0.2, 0) is 9.59 Å². The number of halogens is 3. The van der Waals surface area contributed by atoms with Crippen molar-refractivity contribution in [2.24, 2.45) is 0 Å². The molecule has 0 bridgehead atoms. The molecule has 6 rings (SSSR count). The Balaban J connectivity index is 0.000000459. The molecule has 0 unspecified atom stereocenters. The summed E-state index contributed by atoms with van der Waals surface area (Å²) in [7, 11) is 1.24. The molecule has 3 heterocycles. The fourth-order valence-electron chi connectivity index (χ4n) is 5.00. The highest BCUT2D eigenvalue weighted by molar-refractivity contribution is 6.35. The lowest BCUT2D eigenvalue weighted by Gasteiger charge is -2.19. The number of fused-ring (bicyclic) bond motifs is 2. The highest BCUT2D eigenvalue weighted by atomic mass is 35.5. The summed E-state index contributed by atoms with van der Waals surface area (Å²) >= 11 is 6.41. The van der Waals surface area contributed by atoms with Crippen molar-refractivity contribution in [2.45, 2.75) is 25.5 Å². The minimum absolute atomic E-state index is 0.0211. The molecular formula is C32H26ClF2N7O7. The van der Waals surface area contributed by atoms with Crippen molar-refractivity contribution < 1.29 is 38.4 Å². The van der Waals surface area contributed by atoms with Gasteiger partial charge in [0, 0.05) is 5.56 Å². The van der Waals surface area contributed by atoms with Crippen molar-refractivity contribution in [3.05, 3.63) is 99.8 Å². The number of carboxylic acids is 2. The number of aromatic nitrogens is 6. The Morgan fingerprint density at radius 3 is 2.35 bits per heavy atom. The van der Waals surface area contributed by atoms with Crippen LogP contribution in [0.25, 0.3) is 38.9 Å². The molecule has 0 saturated heterocycles. The molecule has 17 heteroatoms. The van der Waals surface area contributed by atoms with Crippen LogP contribution in [-0.4, -0.2) is 69.8 Å². The van der Waals surface area contributed by atoms with Crippen molar-refractivity contribution in [1.29, 1.82) is 0 Å². The van der Waals surface area contributed by atoms with Crippen LogP contribution in [0.5, 0.6) is 5.75 Å². The van der Waals surface area contributed by atoms with Crippen molar-refractivity contribution >= 4 is 51.3 Å². The van der Waals surface area contributed by atoms with Crippen LogP contribution in [0.1, 0.15) is 25.2 Å². The summed E-state index contributed by atoms with van der Waals surface area (Å²) in [6, 6.07) is 15.9. The van der Waals surface area contributed by atoms with Crippen LogP contribution in [0.2, 0.25) is 5.02 Å². The molecule has 0 amide bonds. The van der Waals surface area contributed by atoms with E-state index in [1.807, 2.05) is 6.07 Å². The van der Waals surface area contributed by atoms with Gasteiger partial charge in [-0.25, -0.2) is 28.8 Å². The van der Waals surface area contributed by atoms with Gasteiger partial charge in [-0.3, -0.25) is 14.2 Å². The number of anilines is 1. The minimum Gasteiger partial charge on any atom is -0.494 e. The molecule has 2 atom stereocenters. The third-order valence-corrected chi connectivity index (χ3v) is 7.64. The Labute approximate surface area is 279 Å². The molecule has 0 fully saturated rings. The highest BCUT2D eigenvalue weighted by Gasteiger charge is 2.28. The zero-order valence-electron chi connectivity index (χ0n) is 25.6. The van der Waals surface area contributed by atoms with Crippen molar-refractivity contribution in [3.63, 3.8) is 0 Å². The number of carbonyl (C=O) groups is 2. The van der Waals surface area contributed by atoms with Gasteiger partial charge >= 0.3 is 11.9 Å². The number of aliphatic carboxylic acids is 2. The van der Waals surface area contributed by atoms with Crippen LogP contribution in [0.4, 0.5) is 14.6 Å². The summed E-state index contributed by atoms with van der Waals surface area (Å²) in [6.07, 6.45) is -1.30. The van der Waals surface area contributed by atoms with Crippen molar-refractivity contribution in [3.8, 4) is 22.7 Å². The van der Waals surface area contributed by atoms with E-state index in [1.54, 1.807) is 49.4 Å². The fraction of sp³-hybridized carbons (Fsp3) is 0.156. The molecule has 6 aromatic rings. The molecule has 0 aliphatic rings. The number of para-hydroxylation sites is 1. The maximum absolute atomic E-state index is 15.2. The lowest BCUT2D eigenvalue weighted by molar-refractivity contribution is -0.152. The number of nitrogens with zero attached hydrogens (tertiary/aromatic N) is 6. The predicted molar refractivity (Wildman–Crippen MR) is 174 cm³/mol. The number of carboxylic acid groups (broad SMARTS) is 2. The number of aliphatic hydroxyl groups excluding tert-OH is 1. The van der Waals surface area contributed by atoms with E-state index in [0.29, 0.717) is 17.0 Å². The number of hydrogen-bond acceptors (Lipinski definition) is 10. The second-order valence-corrected chi connectivity index (χ2v) is 10.8. The first-order chi connectivity index (χ1) is 23.3. The number of nitrogen functional groups attached to an aromatic ring is 1.